The lowest BCUT2D eigenvalue weighted by Gasteiger charge is -2.14. The number of alkyl halides is 2. The van der Waals surface area contributed by atoms with E-state index in [4.69, 9.17) is 10.00 Å². The Labute approximate surface area is 171 Å². The summed E-state index contributed by atoms with van der Waals surface area (Å²) in [5.74, 6) is -3.65. The van der Waals surface area contributed by atoms with Crippen LogP contribution < -0.4 is 10.1 Å². The summed E-state index contributed by atoms with van der Waals surface area (Å²) in [4.78, 5) is 36.2. The summed E-state index contributed by atoms with van der Waals surface area (Å²) in [5, 5.41) is 11.5. The highest BCUT2D eigenvalue weighted by Crippen LogP contribution is 2.30. The first-order valence-corrected chi connectivity index (χ1v) is 8.81. The predicted octanol–water partition coefficient (Wildman–Crippen LogP) is 3.80. The Hall–Kier alpha value is -3.80. The summed E-state index contributed by atoms with van der Waals surface area (Å²) in [6.45, 7) is -1.47. The van der Waals surface area contributed by atoms with Crippen molar-refractivity contribution >= 4 is 23.3 Å². The van der Waals surface area contributed by atoms with Gasteiger partial charge in [0.1, 0.15) is 5.75 Å². The van der Waals surface area contributed by atoms with Crippen LogP contribution in [0.4, 0.5) is 14.5 Å². The molecule has 1 N–H and O–H groups in total. The van der Waals surface area contributed by atoms with Gasteiger partial charge in [-0.2, -0.15) is 14.0 Å². The number of nitriles is 1. The third-order valence-corrected chi connectivity index (χ3v) is 4.12. The van der Waals surface area contributed by atoms with Gasteiger partial charge in [-0.1, -0.05) is 25.1 Å². The number of nitrogens with one attached hydrogen (secondary N) is 1. The van der Waals surface area contributed by atoms with Crippen LogP contribution in [0.25, 0.3) is 11.1 Å². The second-order valence-corrected chi connectivity index (χ2v) is 6.03. The Morgan fingerprint density at radius 1 is 1.17 bits per heavy atom. The van der Waals surface area contributed by atoms with Crippen molar-refractivity contribution in [3.05, 3.63) is 48.0 Å². The standard InChI is InChI=1S/C21H18F2N2O5/c1-3-18(26)17(11-24)19(27)25-13-7-8-15(16(10-13)20(28)29-2)12-5-4-6-14(9-12)30-21(22)23/h4-10,17,21H,3H2,1-2H3,(H,25,27). The summed E-state index contributed by atoms with van der Waals surface area (Å²) in [6, 6.07) is 11.6. The van der Waals surface area contributed by atoms with Crippen molar-refractivity contribution in [3.8, 4) is 22.9 Å². The second kappa shape index (κ2) is 10.1. The van der Waals surface area contributed by atoms with E-state index in [1.165, 1.54) is 50.4 Å². The van der Waals surface area contributed by atoms with Gasteiger partial charge in [0.05, 0.1) is 18.7 Å². The molecule has 9 heteroatoms. The Bertz CT molecular complexity index is 1000. The van der Waals surface area contributed by atoms with Gasteiger partial charge in [0.25, 0.3) is 0 Å². The van der Waals surface area contributed by atoms with Crippen molar-refractivity contribution in [1.82, 2.24) is 0 Å². The van der Waals surface area contributed by atoms with Gasteiger partial charge in [-0.05, 0) is 35.4 Å². The molecule has 156 valence electrons. The van der Waals surface area contributed by atoms with E-state index in [1.807, 2.05) is 0 Å². The van der Waals surface area contributed by atoms with E-state index < -0.39 is 30.2 Å². The normalized spacial score (nSPS) is 11.3. The van der Waals surface area contributed by atoms with E-state index in [0.717, 1.165) is 0 Å². The summed E-state index contributed by atoms with van der Waals surface area (Å²) in [7, 11) is 1.17. The minimum Gasteiger partial charge on any atom is -0.465 e. The summed E-state index contributed by atoms with van der Waals surface area (Å²) in [6.07, 6.45) is 0.0228. The van der Waals surface area contributed by atoms with Crippen LogP contribution in [0, 0.1) is 17.2 Å². The van der Waals surface area contributed by atoms with E-state index in [1.54, 1.807) is 12.1 Å². The van der Waals surface area contributed by atoms with E-state index in [0.29, 0.717) is 11.1 Å². The smallest absolute Gasteiger partial charge is 0.387 e. The zero-order chi connectivity index (χ0) is 22.3. The number of rotatable bonds is 8. The number of halogens is 2. The fourth-order valence-corrected chi connectivity index (χ4v) is 2.69. The van der Waals surface area contributed by atoms with Gasteiger partial charge < -0.3 is 14.8 Å². The Morgan fingerprint density at radius 2 is 1.90 bits per heavy atom. The number of ketones is 1. The number of anilines is 1. The van der Waals surface area contributed by atoms with Gasteiger partial charge in [0.15, 0.2) is 11.7 Å². The Morgan fingerprint density at radius 3 is 2.50 bits per heavy atom. The zero-order valence-corrected chi connectivity index (χ0v) is 16.1. The number of nitrogens with zero attached hydrogens (tertiary/aromatic N) is 1. The molecule has 0 bridgehead atoms. The maximum atomic E-state index is 12.5. The number of amides is 1. The van der Waals surface area contributed by atoms with Gasteiger partial charge in [0, 0.05) is 12.1 Å². The van der Waals surface area contributed by atoms with Crippen LogP contribution in [0.3, 0.4) is 0 Å². The van der Waals surface area contributed by atoms with Gasteiger partial charge in [0.2, 0.25) is 5.91 Å². The average molecular weight is 416 g/mol. The summed E-state index contributed by atoms with van der Waals surface area (Å²) in [5.41, 5.74) is 0.955. The molecular formula is C21H18F2N2O5. The number of carbonyl (C=O) groups is 3. The molecule has 2 aromatic carbocycles. The van der Waals surface area contributed by atoms with Gasteiger partial charge >= 0.3 is 12.6 Å². The number of hydrogen-bond acceptors (Lipinski definition) is 6. The monoisotopic (exact) mass is 416 g/mol. The highest BCUT2D eigenvalue weighted by Gasteiger charge is 2.25. The topological polar surface area (TPSA) is 105 Å². The predicted molar refractivity (Wildman–Crippen MR) is 103 cm³/mol. The fourth-order valence-electron chi connectivity index (χ4n) is 2.69. The van der Waals surface area contributed by atoms with Gasteiger partial charge in [-0.25, -0.2) is 4.79 Å². The molecule has 0 saturated heterocycles. The molecule has 0 aliphatic heterocycles. The molecule has 1 amide bonds. The third-order valence-electron chi connectivity index (χ3n) is 4.12. The molecule has 0 spiro atoms. The molecule has 0 radical (unpaired) electrons. The second-order valence-electron chi connectivity index (χ2n) is 6.03. The lowest BCUT2D eigenvalue weighted by atomic mass is 9.98. The minimum atomic E-state index is -3.00. The highest BCUT2D eigenvalue weighted by molar-refractivity contribution is 6.10. The molecular weight excluding hydrogens is 398 g/mol. The van der Waals surface area contributed by atoms with Crippen molar-refractivity contribution in [1.29, 1.82) is 5.26 Å². The van der Waals surface area contributed by atoms with Crippen molar-refractivity contribution in [3.63, 3.8) is 0 Å². The van der Waals surface area contributed by atoms with Crippen LogP contribution >= 0.6 is 0 Å². The van der Waals surface area contributed by atoms with Crippen LogP contribution in [-0.2, 0) is 14.3 Å². The number of esters is 1. The summed E-state index contributed by atoms with van der Waals surface area (Å²) >= 11 is 0. The molecule has 30 heavy (non-hydrogen) atoms. The number of benzene rings is 2. The SMILES string of the molecule is CCC(=O)C(C#N)C(=O)Nc1ccc(-c2cccc(OC(F)F)c2)c(C(=O)OC)c1. The van der Waals surface area contributed by atoms with E-state index in [2.05, 4.69) is 10.1 Å². The molecule has 1 atom stereocenters. The number of methoxy groups -OCH3 is 1. The first-order chi connectivity index (χ1) is 14.3. The molecule has 7 nitrogen and oxygen atoms in total. The first-order valence-electron chi connectivity index (χ1n) is 8.81. The maximum Gasteiger partial charge on any atom is 0.387 e. The van der Waals surface area contributed by atoms with E-state index in [9.17, 15) is 23.2 Å². The zero-order valence-electron chi connectivity index (χ0n) is 16.1. The molecule has 0 saturated carbocycles. The van der Waals surface area contributed by atoms with Crippen molar-refractivity contribution in [2.75, 3.05) is 12.4 Å². The average Bonchev–Trinajstić information content (AvgIpc) is 2.73. The lowest BCUT2D eigenvalue weighted by molar-refractivity contribution is -0.128. The van der Waals surface area contributed by atoms with Crippen molar-refractivity contribution < 1.29 is 32.6 Å². The fraction of sp³-hybridized carbons (Fsp3) is 0.238. The largest absolute Gasteiger partial charge is 0.465 e. The number of hydrogen-bond donors (Lipinski definition) is 1. The lowest BCUT2D eigenvalue weighted by Crippen LogP contribution is -2.28. The molecule has 0 heterocycles. The minimum absolute atomic E-state index is 0.0228. The molecule has 0 aliphatic rings. The van der Waals surface area contributed by atoms with E-state index in [-0.39, 0.29) is 23.4 Å². The quantitative estimate of drug-likeness (QED) is 0.518. The van der Waals surface area contributed by atoms with Crippen LogP contribution in [0.5, 0.6) is 5.75 Å². The number of ether oxygens (including phenoxy) is 2. The Balaban J connectivity index is 2.41. The molecule has 0 aromatic heterocycles. The maximum absolute atomic E-state index is 12.5. The highest BCUT2D eigenvalue weighted by atomic mass is 19.3. The first kappa shape index (κ1) is 22.5. The van der Waals surface area contributed by atoms with Crippen LogP contribution in [0.15, 0.2) is 42.5 Å². The number of Topliss-reactive ketones (excluding diaryl/α,β-unsaturated/α-hetero) is 1. The molecule has 1 unspecified atom stereocenters. The molecule has 2 rings (SSSR count). The van der Waals surface area contributed by atoms with Crippen LogP contribution in [-0.4, -0.2) is 31.4 Å². The molecule has 2 aromatic rings. The molecule has 0 fully saturated rings. The van der Waals surface area contributed by atoms with Crippen LogP contribution in [0.2, 0.25) is 0 Å². The summed E-state index contributed by atoms with van der Waals surface area (Å²) < 4.78 is 34.1. The van der Waals surface area contributed by atoms with Gasteiger partial charge in [-0.15, -0.1) is 0 Å². The van der Waals surface area contributed by atoms with Crippen molar-refractivity contribution in [2.45, 2.75) is 20.0 Å². The number of carbonyl (C=O) groups excluding carboxylic acids is 3. The Kier molecular flexibility index (Phi) is 7.58. The van der Waals surface area contributed by atoms with Gasteiger partial charge in [-0.3, -0.25) is 9.59 Å². The van der Waals surface area contributed by atoms with E-state index >= 15 is 0 Å². The van der Waals surface area contributed by atoms with Crippen molar-refractivity contribution in [2.24, 2.45) is 5.92 Å². The third kappa shape index (κ3) is 5.38. The molecule has 0 aliphatic carbocycles. The van der Waals surface area contributed by atoms with Crippen LogP contribution in [0.1, 0.15) is 23.7 Å².